The molecule has 0 amide bonds. The number of methoxy groups -OCH3 is 1. The van der Waals surface area contributed by atoms with E-state index in [-0.39, 0.29) is 11.3 Å². The molecule has 0 aromatic heterocycles. The van der Waals surface area contributed by atoms with E-state index in [0.717, 1.165) is 25.5 Å². The second-order valence-corrected chi connectivity index (χ2v) is 5.17. The van der Waals surface area contributed by atoms with Crippen LogP contribution in [0, 0.1) is 16.0 Å². The summed E-state index contributed by atoms with van der Waals surface area (Å²) in [6, 6.07) is 4.00. The molecule has 1 unspecified atom stereocenters. The Morgan fingerprint density at radius 2 is 2.33 bits per heavy atom. The maximum absolute atomic E-state index is 11.4. The number of non-ortho nitro benzene ring substituents is 1. The molecule has 1 N–H and O–H groups in total. The van der Waals surface area contributed by atoms with Gasteiger partial charge in [-0.25, -0.2) is 4.79 Å². The Balaban J connectivity index is 2.29. The lowest BCUT2D eigenvalue weighted by molar-refractivity contribution is -0.384. The van der Waals surface area contributed by atoms with Crippen LogP contribution in [0.2, 0.25) is 0 Å². The molecule has 0 saturated carbocycles. The predicted molar refractivity (Wildman–Crippen MR) is 76.9 cm³/mol. The van der Waals surface area contributed by atoms with Crippen molar-refractivity contribution in [1.29, 1.82) is 0 Å². The maximum Gasteiger partial charge on any atom is 0.338 e. The van der Waals surface area contributed by atoms with Gasteiger partial charge in [-0.3, -0.25) is 10.1 Å². The standard InChI is InChI=1S/C14H18N2O5/c1-21-9-10-3-2-6-15(8-10)13-5-4-11(16(19)20)7-12(13)14(17)18/h4-5,7,10H,2-3,6,8-9H2,1H3,(H,17,18). The molecule has 1 aliphatic heterocycles. The van der Waals surface area contributed by atoms with Crippen LogP contribution >= 0.6 is 0 Å². The molecule has 7 heteroatoms. The maximum atomic E-state index is 11.4. The van der Waals surface area contributed by atoms with Crippen molar-refractivity contribution in [3.05, 3.63) is 33.9 Å². The number of rotatable bonds is 5. The van der Waals surface area contributed by atoms with Gasteiger partial charge in [0.2, 0.25) is 0 Å². The number of carboxylic acids is 1. The van der Waals surface area contributed by atoms with Gasteiger partial charge in [0.05, 0.1) is 22.8 Å². The third-order valence-electron chi connectivity index (χ3n) is 3.68. The molecule has 0 aliphatic carbocycles. The molecule has 0 bridgehead atoms. The Hall–Kier alpha value is -2.15. The van der Waals surface area contributed by atoms with E-state index in [9.17, 15) is 20.0 Å². The quantitative estimate of drug-likeness (QED) is 0.660. The third-order valence-corrected chi connectivity index (χ3v) is 3.68. The highest BCUT2D eigenvalue weighted by molar-refractivity contribution is 5.95. The molecule has 7 nitrogen and oxygen atoms in total. The number of carboxylic acid groups (broad SMARTS) is 1. The molecule has 0 spiro atoms. The predicted octanol–water partition coefficient (Wildman–Crippen LogP) is 2.16. The van der Waals surface area contributed by atoms with Crippen LogP contribution in [0.3, 0.4) is 0 Å². The summed E-state index contributed by atoms with van der Waals surface area (Å²) < 4.78 is 5.16. The van der Waals surface area contributed by atoms with Crippen LogP contribution < -0.4 is 4.90 Å². The summed E-state index contributed by atoms with van der Waals surface area (Å²) in [5.41, 5.74) is 0.303. The second kappa shape index (κ2) is 6.53. The van der Waals surface area contributed by atoms with Gasteiger partial charge in [-0.2, -0.15) is 0 Å². The number of anilines is 1. The Kier molecular flexibility index (Phi) is 4.74. The molecule has 1 atom stereocenters. The lowest BCUT2D eigenvalue weighted by atomic mass is 9.97. The number of hydrogen-bond acceptors (Lipinski definition) is 5. The Bertz CT molecular complexity index is 544. The molecule has 2 rings (SSSR count). The van der Waals surface area contributed by atoms with Crippen molar-refractivity contribution in [2.75, 3.05) is 31.7 Å². The highest BCUT2D eigenvalue weighted by atomic mass is 16.6. The molecule has 1 heterocycles. The van der Waals surface area contributed by atoms with Gasteiger partial charge in [0.15, 0.2) is 0 Å². The zero-order valence-corrected chi connectivity index (χ0v) is 11.8. The fourth-order valence-corrected chi connectivity index (χ4v) is 2.74. The minimum atomic E-state index is -1.15. The average molecular weight is 294 g/mol. The van der Waals surface area contributed by atoms with E-state index < -0.39 is 10.9 Å². The number of aromatic carboxylic acids is 1. The first-order valence-corrected chi connectivity index (χ1v) is 6.78. The van der Waals surface area contributed by atoms with Gasteiger partial charge in [-0.1, -0.05) is 0 Å². The Morgan fingerprint density at radius 3 is 2.95 bits per heavy atom. The van der Waals surface area contributed by atoms with Gasteiger partial charge >= 0.3 is 5.97 Å². The van der Waals surface area contributed by atoms with Crippen LogP contribution in [-0.2, 0) is 4.74 Å². The number of benzene rings is 1. The number of nitro groups is 1. The first-order chi connectivity index (χ1) is 10.0. The molecule has 114 valence electrons. The molecule has 0 radical (unpaired) electrons. The van der Waals surface area contributed by atoms with Gasteiger partial charge in [-0.15, -0.1) is 0 Å². The van der Waals surface area contributed by atoms with E-state index in [4.69, 9.17) is 4.74 Å². The molecule has 1 fully saturated rings. The summed E-state index contributed by atoms with van der Waals surface area (Å²) in [4.78, 5) is 23.5. The smallest absolute Gasteiger partial charge is 0.338 e. The number of carbonyl (C=O) groups is 1. The molecule has 21 heavy (non-hydrogen) atoms. The SMILES string of the molecule is COCC1CCCN(c2ccc([N+](=O)[O-])cc2C(=O)O)C1. The highest BCUT2D eigenvalue weighted by Crippen LogP contribution is 2.29. The Morgan fingerprint density at radius 1 is 1.57 bits per heavy atom. The average Bonchev–Trinajstić information content (AvgIpc) is 2.47. The van der Waals surface area contributed by atoms with E-state index in [1.807, 2.05) is 4.90 Å². The molecule has 1 aromatic rings. The molecule has 1 aliphatic rings. The van der Waals surface area contributed by atoms with E-state index in [2.05, 4.69) is 0 Å². The Labute approximate surface area is 122 Å². The van der Waals surface area contributed by atoms with Crippen LogP contribution in [-0.4, -0.2) is 42.8 Å². The van der Waals surface area contributed by atoms with Crippen molar-refractivity contribution in [2.45, 2.75) is 12.8 Å². The number of hydrogen-bond donors (Lipinski definition) is 1. The van der Waals surface area contributed by atoms with E-state index in [1.165, 1.54) is 12.1 Å². The van der Waals surface area contributed by atoms with Crippen LogP contribution in [0.4, 0.5) is 11.4 Å². The first-order valence-electron chi connectivity index (χ1n) is 6.78. The zero-order chi connectivity index (χ0) is 15.4. The van der Waals surface area contributed by atoms with Crippen molar-refractivity contribution >= 4 is 17.3 Å². The minimum absolute atomic E-state index is 0.0257. The van der Waals surface area contributed by atoms with Gasteiger partial charge in [0.25, 0.3) is 5.69 Å². The van der Waals surface area contributed by atoms with Crippen LogP contribution in [0.1, 0.15) is 23.2 Å². The van der Waals surface area contributed by atoms with E-state index >= 15 is 0 Å². The highest BCUT2D eigenvalue weighted by Gasteiger charge is 2.25. The largest absolute Gasteiger partial charge is 0.478 e. The second-order valence-electron chi connectivity index (χ2n) is 5.17. The summed E-state index contributed by atoms with van der Waals surface area (Å²) in [6.07, 6.45) is 1.99. The van der Waals surface area contributed by atoms with Crippen LogP contribution in [0.15, 0.2) is 18.2 Å². The van der Waals surface area contributed by atoms with Gasteiger partial charge in [-0.05, 0) is 24.8 Å². The monoisotopic (exact) mass is 294 g/mol. The van der Waals surface area contributed by atoms with Gasteiger partial charge < -0.3 is 14.7 Å². The topological polar surface area (TPSA) is 92.9 Å². The van der Waals surface area contributed by atoms with Crippen molar-refractivity contribution in [1.82, 2.24) is 0 Å². The van der Waals surface area contributed by atoms with Crippen LogP contribution in [0.25, 0.3) is 0 Å². The molecular formula is C14H18N2O5. The summed E-state index contributed by atoms with van der Waals surface area (Å²) in [5.74, 6) is -0.803. The zero-order valence-electron chi connectivity index (χ0n) is 11.8. The van der Waals surface area contributed by atoms with Crippen molar-refractivity contribution < 1.29 is 19.6 Å². The number of nitrogens with zero attached hydrogens (tertiary/aromatic N) is 2. The minimum Gasteiger partial charge on any atom is -0.478 e. The summed E-state index contributed by atoms with van der Waals surface area (Å²) in [6.45, 7) is 2.08. The normalized spacial score (nSPS) is 18.5. The summed E-state index contributed by atoms with van der Waals surface area (Å²) in [7, 11) is 1.65. The summed E-state index contributed by atoms with van der Waals surface area (Å²) >= 11 is 0. The molecule has 1 aromatic carbocycles. The third kappa shape index (κ3) is 3.49. The number of piperidine rings is 1. The van der Waals surface area contributed by atoms with Gasteiger partial charge in [0.1, 0.15) is 0 Å². The van der Waals surface area contributed by atoms with Crippen molar-refractivity contribution in [3.63, 3.8) is 0 Å². The van der Waals surface area contributed by atoms with Crippen molar-refractivity contribution in [3.8, 4) is 0 Å². The summed E-state index contributed by atoms with van der Waals surface area (Å²) in [5, 5.41) is 20.1. The van der Waals surface area contributed by atoms with Crippen LogP contribution in [0.5, 0.6) is 0 Å². The fourth-order valence-electron chi connectivity index (χ4n) is 2.74. The number of ether oxygens (including phenoxy) is 1. The van der Waals surface area contributed by atoms with E-state index in [0.29, 0.717) is 24.8 Å². The van der Waals surface area contributed by atoms with Crippen molar-refractivity contribution in [2.24, 2.45) is 5.92 Å². The number of nitro benzene ring substituents is 1. The fraction of sp³-hybridized carbons (Fsp3) is 0.500. The van der Waals surface area contributed by atoms with E-state index in [1.54, 1.807) is 7.11 Å². The molecular weight excluding hydrogens is 276 g/mol. The first kappa shape index (κ1) is 15.2. The lowest BCUT2D eigenvalue weighted by Gasteiger charge is -2.34. The molecule has 1 saturated heterocycles. The van der Waals surface area contributed by atoms with Gasteiger partial charge in [0, 0.05) is 32.3 Å². The lowest BCUT2D eigenvalue weighted by Crippen LogP contribution is -2.37.